The summed E-state index contributed by atoms with van der Waals surface area (Å²) in [5, 5.41) is 10.6. The molecule has 6 nitrogen and oxygen atoms in total. The molecule has 0 aliphatic carbocycles. The highest BCUT2D eigenvalue weighted by Crippen LogP contribution is 2.14. The Morgan fingerprint density at radius 3 is 3.24 bits per heavy atom. The second kappa shape index (κ2) is 4.14. The number of ether oxygens (including phenoxy) is 1. The van der Waals surface area contributed by atoms with E-state index in [0.29, 0.717) is 18.2 Å². The summed E-state index contributed by atoms with van der Waals surface area (Å²) in [6, 6.07) is 5.56. The van der Waals surface area contributed by atoms with Crippen LogP contribution in [0.15, 0.2) is 24.4 Å². The maximum Gasteiger partial charge on any atom is 0.255 e. The Balaban J connectivity index is 1.82. The van der Waals surface area contributed by atoms with E-state index >= 15 is 0 Å². The fourth-order valence-corrected chi connectivity index (χ4v) is 1.90. The van der Waals surface area contributed by atoms with E-state index in [1.165, 1.54) is 0 Å². The molecule has 88 valence electrons. The summed E-state index contributed by atoms with van der Waals surface area (Å²) in [6.07, 6.45) is 3.15. The van der Waals surface area contributed by atoms with Gasteiger partial charge >= 0.3 is 0 Å². The summed E-state index contributed by atoms with van der Waals surface area (Å²) >= 11 is 0. The molecule has 17 heavy (non-hydrogen) atoms. The average Bonchev–Trinajstić information content (AvgIpc) is 2.98. The van der Waals surface area contributed by atoms with Gasteiger partial charge < -0.3 is 4.74 Å². The minimum absolute atomic E-state index is 0.152. The number of nitrogens with one attached hydrogen (secondary N) is 1. The van der Waals surface area contributed by atoms with Crippen LogP contribution in [0.4, 0.5) is 5.95 Å². The lowest BCUT2D eigenvalue weighted by Crippen LogP contribution is -2.27. The second-order valence-electron chi connectivity index (χ2n) is 3.94. The topological polar surface area (TPSA) is 68.5 Å². The standard InChI is InChI=1S/C11H12N4O2/c16-10(8-4-3-7-17-8)12-11-14-13-9-5-1-2-6-15(9)11/h1-2,5-6,8H,3-4,7H2,(H,12,14,16). The molecule has 0 radical (unpaired) electrons. The number of aromatic nitrogens is 3. The summed E-state index contributed by atoms with van der Waals surface area (Å²) in [6.45, 7) is 0.651. The van der Waals surface area contributed by atoms with Crippen LogP contribution in [-0.2, 0) is 9.53 Å². The van der Waals surface area contributed by atoms with Gasteiger partial charge in [-0.1, -0.05) is 6.07 Å². The van der Waals surface area contributed by atoms with Crippen LogP contribution in [-0.4, -0.2) is 33.2 Å². The van der Waals surface area contributed by atoms with Crippen LogP contribution in [0.2, 0.25) is 0 Å². The number of amides is 1. The van der Waals surface area contributed by atoms with Crippen LogP contribution >= 0.6 is 0 Å². The van der Waals surface area contributed by atoms with Crippen molar-refractivity contribution in [2.24, 2.45) is 0 Å². The van der Waals surface area contributed by atoms with Crippen molar-refractivity contribution in [3.8, 4) is 0 Å². The van der Waals surface area contributed by atoms with Crippen LogP contribution < -0.4 is 5.32 Å². The Hall–Kier alpha value is -1.95. The molecule has 1 unspecified atom stereocenters. The fraction of sp³-hybridized carbons (Fsp3) is 0.364. The van der Waals surface area contributed by atoms with Crippen molar-refractivity contribution >= 4 is 17.5 Å². The number of nitrogens with zero attached hydrogens (tertiary/aromatic N) is 3. The van der Waals surface area contributed by atoms with Crippen molar-refractivity contribution in [3.05, 3.63) is 24.4 Å². The zero-order valence-corrected chi connectivity index (χ0v) is 9.17. The smallest absolute Gasteiger partial charge is 0.255 e. The maximum absolute atomic E-state index is 11.8. The first kappa shape index (κ1) is 10.2. The van der Waals surface area contributed by atoms with Crippen molar-refractivity contribution in [3.63, 3.8) is 0 Å². The highest BCUT2D eigenvalue weighted by atomic mass is 16.5. The quantitative estimate of drug-likeness (QED) is 0.833. The zero-order chi connectivity index (χ0) is 11.7. The molecule has 3 rings (SSSR count). The molecule has 2 aromatic rings. The van der Waals surface area contributed by atoms with Crippen molar-refractivity contribution in [2.45, 2.75) is 18.9 Å². The number of anilines is 1. The van der Waals surface area contributed by atoms with Gasteiger partial charge in [0.15, 0.2) is 5.65 Å². The fourth-order valence-electron chi connectivity index (χ4n) is 1.90. The minimum atomic E-state index is -0.355. The Kier molecular flexibility index (Phi) is 2.49. The van der Waals surface area contributed by atoms with Crippen LogP contribution in [0.5, 0.6) is 0 Å². The van der Waals surface area contributed by atoms with Gasteiger partial charge in [-0.3, -0.25) is 14.5 Å². The van der Waals surface area contributed by atoms with Gasteiger partial charge in [-0.15, -0.1) is 10.2 Å². The van der Waals surface area contributed by atoms with Gasteiger partial charge in [0.25, 0.3) is 5.91 Å². The normalized spacial score (nSPS) is 19.6. The molecule has 1 fully saturated rings. The van der Waals surface area contributed by atoms with Crippen LogP contribution in [0.1, 0.15) is 12.8 Å². The third-order valence-corrected chi connectivity index (χ3v) is 2.77. The van der Waals surface area contributed by atoms with E-state index in [2.05, 4.69) is 15.5 Å². The van der Waals surface area contributed by atoms with Gasteiger partial charge in [-0.05, 0) is 25.0 Å². The summed E-state index contributed by atoms with van der Waals surface area (Å²) in [5.74, 6) is 0.279. The van der Waals surface area contributed by atoms with E-state index in [9.17, 15) is 4.79 Å². The van der Waals surface area contributed by atoms with E-state index in [1.807, 2.05) is 18.2 Å². The molecule has 1 N–H and O–H groups in total. The highest BCUT2D eigenvalue weighted by molar-refractivity contribution is 5.93. The molecular formula is C11H12N4O2. The maximum atomic E-state index is 11.8. The Morgan fingerprint density at radius 1 is 1.47 bits per heavy atom. The first-order chi connectivity index (χ1) is 8.34. The summed E-state index contributed by atoms with van der Waals surface area (Å²) < 4.78 is 7.04. The summed E-state index contributed by atoms with van der Waals surface area (Å²) in [5.41, 5.74) is 0.704. The lowest BCUT2D eigenvalue weighted by Gasteiger charge is -2.08. The molecule has 3 heterocycles. The Bertz CT molecular complexity index is 545. The third kappa shape index (κ3) is 1.87. The molecule has 0 saturated carbocycles. The predicted octanol–water partition coefficient (Wildman–Crippen LogP) is 0.847. The van der Waals surface area contributed by atoms with Gasteiger partial charge in [0, 0.05) is 12.8 Å². The summed E-state index contributed by atoms with van der Waals surface area (Å²) in [4.78, 5) is 11.8. The number of fused-ring (bicyclic) bond motifs is 1. The molecule has 0 spiro atoms. The Labute approximate surface area is 97.6 Å². The van der Waals surface area contributed by atoms with Crippen LogP contribution in [0.25, 0.3) is 5.65 Å². The van der Waals surface area contributed by atoms with Gasteiger partial charge in [0.1, 0.15) is 6.10 Å². The molecule has 0 aromatic carbocycles. The van der Waals surface area contributed by atoms with Gasteiger partial charge in [-0.25, -0.2) is 0 Å². The third-order valence-electron chi connectivity index (χ3n) is 2.77. The van der Waals surface area contributed by atoms with Gasteiger partial charge in [-0.2, -0.15) is 0 Å². The molecule has 6 heteroatoms. The molecule has 1 aliphatic rings. The van der Waals surface area contributed by atoms with Crippen LogP contribution in [0.3, 0.4) is 0 Å². The van der Waals surface area contributed by atoms with E-state index in [4.69, 9.17) is 4.74 Å². The van der Waals surface area contributed by atoms with Gasteiger partial charge in [0.05, 0.1) is 0 Å². The first-order valence-corrected chi connectivity index (χ1v) is 5.57. The number of carbonyl (C=O) groups excluding carboxylic acids is 1. The largest absolute Gasteiger partial charge is 0.368 e. The molecule has 1 saturated heterocycles. The van der Waals surface area contributed by atoms with E-state index < -0.39 is 0 Å². The van der Waals surface area contributed by atoms with Crippen molar-refractivity contribution in [2.75, 3.05) is 11.9 Å². The molecule has 0 bridgehead atoms. The molecule has 2 aromatic heterocycles. The van der Waals surface area contributed by atoms with E-state index in [1.54, 1.807) is 10.6 Å². The van der Waals surface area contributed by atoms with E-state index in [0.717, 1.165) is 12.8 Å². The van der Waals surface area contributed by atoms with Crippen LogP contribution in [0, 0.1) is 0 Å². The SMILES string of the molecule is O=C(Nc1nnc2ccccn12)C1CCCO1. The number of hydrogen-bond donors (Lipinski definition) is 1. The zero-order valence-electron chi connectivity index (χ0n) is 9.17. The monoisotopic (exact) mass is 232 g/mol. The molecule has 1 aliphatic heterocycles. The minimum Gasteiger partial charge on any atom is -0.368 e. The lowest BCUT2D eigenvalue weighted by molar-refractivity contribution is -0.124. The van der Waals surface area contributed by atoms with Gasteiger partial charge in [0.2, 0.25) is 5.95 Å². The second-order valence-corrected chi connectivity index (χ2v) is 3.94. The molecule has 1 atom stereocenters. The summed E-state index contributed by atoms with van der Waals surface area (Å²) in [7, 11) is 0. The number of rotatable bonds is 2. The number of hydrogen-bond acceptors (Lipinski definition) is 4. The predicted molar refractivity (Wildman–Crippen MR) is 60.6 cm³/mol. The molecule has 1 amide bonds. The van der Waals surface area contributed by atoms with Crippen molar-refractivity contribution < 1.29 is 9.53 Å². The number of pyridine rings is 1. The lowest BCUT2D eigenvalue weighted by atomic mass is 10.2. The van der Waals surface area contributed by atoms with E-state index in [-0.39, 0.29) is 12.0 Å². The van der Waals surface area contributed by atoms with Crippen molar-refractivity contribution in [1.82, 2.24) is 14.6 Å². The first-order valence-electron chi connectivity index (χ1n) is 5.57. The molecular weight excluding hydrogens is 220 g/mol. The van der Waals surface area contributed by atoms with Crippen molar-refractivity contribution in [1.29, 1.82) is 0 Å². The Morgan fingerprint density at radius 2 is 2.41 bits per heavy atom. The highest BCUT2D eigenvalue weighted by Gasteiger charge is 2.24. The number of carbonyl (C=O) groups is 1. The average molecular weight is 232 g/mol.